The molecule has 1 aromatic carbocycles. The molecule has 0 aliphatic carbocycles. The van der Waals surface area contributed by atoms with E-state index in [9.17, 15) is 4.79 Å². The van der Waals surface area contributed by atoms with Crippen LogP contribution in [-0.2, 0) is 6.54 Å². The highest BCUT2D eigenvalue weighted by molar-refractivity contribution is 7.13. The second kappa shape index (κ2) is 7.98. The summed E-state index contributed by atoms with van der Waals surface area (Å²) in [5.74, 6) is -0.259. The first kappa shape index (κ1) is 18.4. The zero-order valence-electron chi connectivity index (χ0n) is 15.7. The molecule has 4 heterocycles. The Morgan fingerprint density at radius 1 is 1.10 bits per heavy atom. The molecule has 0 bridgehead atoms. The summed E-state index contributed by atoms with van der Waals surface area (Å²) in [6, 6.07) is 9.72. The van der Waals surface area contributed by atoms with Gasteiger partial charge in [-0.25, -0.2) is 15.0 Å². The molecule has 3 aromatic heterocycles. The minimum Gasteiger partial charge on any atom is -0.297 e. The van der Waals surface area contributed by atoms with Gasteiger partial charge in [-0.3, -0.25) is 15.0 Å². The first-order chi connectivity index (χ1) is 14.3. The number of amides is 1. The molecule has 0 atom stereocenters. The number of fused-ring (bicyclic) bond motifs is 1. The SMILES string of the molecule is O=C(Nc1nccs1)c1ccc2cccc(-c3nc(CN4CCCC4)cs3)c2n1. The van der Waals surface area contributed by atoms with Gasteiger partial charge in [0.25, 0.3) is 5.91 Å². The summed E-state index contributed by atoms with van der Waals surface area (Å²) < 4.78 is 0. The fourth-order valence-corrected chi connectivity index (χ4v) is 4.93. The molecular formula is C21H19N5OS2. The fraction of sp³-hybridized carbons (Fsp3) is 0.238. The lowest BCUT2D eigenvalue weighted by Gasteiger charge is -2.11. The Hall–Kier alpha value is -2.68. The van der Waals surface area contributed by atoms with Crippen LogP contribution in [0.5, 0.6) is 0 Å². The molecule has 6 nitrogen and oxygen atoms in total. The lowest BCUT2D eigenvalue weighted by molar-refractivity contribution is 0.102. The third-order valence-corrected chi connectivity index (χ3v) is 6.59. The molecule has 4 aromatic rings. The first-order valence-electron chi connectivity index (χ1n) is 9.54. The van der Waals surface area contributed by atoms with E-state index in [0.29, 0.717) is 10.8 Å². The summed E-state index contributed by atoms with van der Waals surface area (Å²) in [5, 5.41) is 9.24. The number of thiazole rings is 2. The second-order valence-electron chi connectivity index (χ2n) is 6.99. The van der Waals surface area contributed by atoms with Crippen molar-refractivity contribution in [3.05, 3.63) is 58.7 Å². The number of hydrogen-bond donors (Lipinski definition) is 1. The van der Waals surface area contributed by atoms with Crippen LogP contribution in [-0.4, -0.2) is 38.8 Å². The van der Waals surface area contributed by atoms with Gasteiger partial charge >= 0.3 is 0 Å². The van der Waals surface area contributed by atoms with Crippen LogP contribution in [0.1, 0.15) is 29.0 Å². The Bertz CT molecular complexity index is 1150. The normalized spacial score (nSPS) is 14.5. The number of anilines is 1. The van der Waals surface area contributed by atoms with Crippen molar-refractivity contribution in [3.63, 3.8) is 0 Å². The zero-order chi connectivity index (χ0) is 19.6. The van der Waals surface area contributed by atoms with E-state index in [1.54, 1.807) is 23.6 Å². The average molecular weight is 422 g/mol. The van der Waals surface area contributed by atoms with Crippen molar-refractivity contribution in [1.29, 1.82) is 0 Å². The monoisotopic (exact) mass is 421 g/mol. The van der Waals surface area contributed by atoms with E-state index < -0.39 is 0 Å². The predicted octanol–water partition coefficient (Wildman–Crippen LogP) is 4.66. The number of rotatable bonds is 5. The van der Waals surface area contributed by atoms with Crippen LogP contribution in [0.3, 0.4) is 0 Å². The maximum atomic E-state index is 12.6. The number of benzene rings is 1. The highest BCUT2D eigenvalue weighted by Crippen LogP contribution is 2.30. The van der Waals surface area contributed by atoms with E-state index in [-0.39, 0.29) is 5.91 Å². The van der Waals surface area contributed by atoms with E-state index in [0.717, 1.165) is 46.8 Å². The molecule has 1 saturated heterocycles. The number of hydrogen-bond acceptors (Lipinski definition) is 7. The maximum Gasteiger partial charge on any atom is 0.276 e. The summed E-state index contributed by atoms with van der Waals surface area (Å²) in [4.78, 5) is 28.6. The summed E-state index contributed by atoms with van der Waals surface area (Å²) in [7, 11) is 0. The van der Waals surface area contributed by atoms with Gasteiger partial charge in [-0.15, -0.1) is 22.7 Å². The smallest absolute Gasteiger partial charge is 0.276 e. The Morgan fingerprint density at radius 3 is 2.83 bits per heavy atom. The van der Waals surface area contributed by atoms with Gasteiger partial charge in [-0.1, -0.05) is 18.2 Å². The molecule has 146 valence electrons. The number of pyridine rings is 1. The highest BCUT2D eigenvalue weighted by Gasteiger charge is 2.16. The Morgan fingerprint density at radius 2 is 2.00 bits per heavy atom. The van der Waals surface area contributed by atoms with Gasteiger partial charge in [0.2, 0.25) is 0 Å². The largest absolute Gasteiger partial charge is 0.297 e. The number of nitrogens with one attached hydrogen (secondary N) is 1. The third-order valence-electron chi connectivity index (χ3n) is 4.97. The van der Waals surface area contributed by atoms with Gasteiger partial charge < -0.3 is 0 Å². The average Bonchev–Trinajstić information content (AvgIpc) is 3.51. The Kier molecular flexibility index (Phi) is 5.05. The number of para-hydroxylation sites is 1. The molecule has 1 fully saturated rings. The van der Waals surface area contributed by atoms with Gasteiger partial charge in [0.1, 0.15) is 10.7 Å². The van der Waals surface area contributed by atoms with Gasteiger partial charge in [0.15, 0.2) is 5.13 Å². The fourth-order valence-electron chi connectivity index (χ4n) is 3.57. The van der Waals surface area contributed by atoms with Crippen LogP contribution in [0.25, 0.3) is 21.5 Å². The lowest BCUT2D eigenvalue weighted by atomic mass is 10.1. The van der Waals surface area contributed by atoms with Gasteiger partial charge in [-0.05, 0) is 38.1 Å². The van der Waals surface area contributed by atoms with Gasteiger partial charge in [0, 0.05) is 34.5 Å². The van der Waals surface area contributed by atoms with Crippen molar-refractivity contribution in [2.75, 3.05) is 18.4 Å². The second-order valence-corrected chi connectivity index (χ2v) is 8.75. The summed E-state index contributed by atoms with van der Waals surface area (Å²) in [6.45, 7) is 3.21. The van der Waals surface area contributed by atoms with Crippen molar-refractivity contribution in [2.24, 2.45) is 0 Å². The third kappa shape index (κ3) is 3.91. The maximum absolute atomic E-state index is 12.6. The molecule has 0 saturated carbocycles. The minimum atomic E-state index is -0.259. The quantitative estimate of drug-likeness (QED) is 0.507. The van der Waals surface area contributed by atoms with Gasteiger partial charge in [-0.2, -0.15) is 0 Å². The molecular weight excluding hydrogens is 402 g/mol. The van der Waals surface area contributed by atoms with E-state index >= 15 is 0 Å². The number of aromatic nitrogens is 3. The Balaban J connectivity index is 1.46. The molecule has 0 radical (unpaired) electrons. The van der Waals surface area contributed by atoms with E-state index in [2.05, 4.69) is 25.6 Å². The standard InChI is InChI=1S/C21H19N5OS2/c27-19(25-21-22-8-11-28-21)17-7-6-14-4-3-5-16(18(14)24-17)20-23-15(13-29-20)12-26-9-1-2-10-26/h3-8,11,13H,1-2,9-10,12H2,(H,22,25,27). The van der Waals surface area contributed by atoms with Crippen LogP contribution >= 0.6 is 22.7 Å². The molecule has 5 rings (SSSR count). The summed E-state index contributed by atoms with van der Waals surface area (Å²) in [6.07, 6.45) is 4.21. The molecule has 0 unspecified atom stereocenters. The van der Waals surface area contributed by atoms with Crippen molar-refractivity contribution in [1.82, 2.24) is 19.9 Å². The molecule has 1 aliphatic heterocycles. The van der Waals surface area contributed by atoms with E-state index in [1.165, 1.54) is 24.2 Å². The van der Waals surface area contributed by atoms with E-state index in [4.69, 9.17) is 4.98 Å². The zero-order valence-corrected chi connectivity index (χ0v) is 17.3. The van der Waals surface area contributed by atoms with Crippen LogP contribution in [0.15, 0.2) is 47.3 Å². The minimum absolute atomic E-state index is 0.259. The summed E-state index contributed by atoms with van der Waals surface area (Å²) >= 11 is 3.01. The predicted molar refractivity (Wildman–Crippen MR) is 117 cm³/mol. The highest BCUT2D eigenvalue weighted by atomic mass is 32.1. The molecule has 29 heavy (non-hydrogen) atoms. The Labute approximate surface area is 176 Å². The van der Waals surface area contributed by atoms with Crippen LogP contribution in [0.4, 0.5) is 5.13 Å². The lowest BCUT2D eigenvalue weighted by Crippen LogP contribution is -2.18. The van der Waals surface area contributed by atoms with E-state index in [1.807, 2.05) is 29.6 Å². The molecule has 1 amide bonds. The van der Waals surface area contributed by atoms with Crippen molar-refractivity contribution >= 4 is 44.6 Å². The topological polar surface area (TPSA) is 71.0 Å². The van der Waals surface area contributed by atoms with Gasteiger partial charge in [0.05, 0.1) is 11.2 Å². The van der Waals surface area contributed by atoms with Crippen LogP contribution in [0.2, 0.25) is 0 Å². The number of carbonyl (C=O) groups is 1. The molecule has 1 aliphatic rings. The molecule has 1 N–H and O–H groups in total. The van der Waals surface area contributed by atoms with Crippen molar-refractivity contribution in [2.45, 2.75) is 19.4 Å². The number of carbonyl (C=O) groups excluding carboxylic acids is 1. The van der Waals surface area contributed by atoms with Crippen molar-refractivity contribution in [3.8, 4) is 10.6 Å². The van der Waals surface area contributed by atoms with Crippen LogP contribution < -0.4 is 5.32 Å². The molecule has 8 heteroatoms. The number of nitrogens with zero attached hydrogens (tertiary/aromatic N) is 4. The van der Waals surface area contributed by atoms with Crippen LogP contribution in [0, 0.1) is 0 Å². The molecule has 0 spiro atoms. The van der Waals surface area contributed by atoms with Crippen molar-refractivity contribution < 1.29 is 4.79 Å². The first-order valence-corrected chi connectivity index (χ1v) is 11.3. The number of likely N-dealkylation sites (tertiary alicyclic amines) is 1. The summed E-state index contributed by atoms with van der Waals surface area (Å²) in [5.41, 5.74) is 3.22.